The van der Waals surface area contributed by atoms with Gasteiger partial charge in [-0.3, -0.25) is 0 Å². The number of hydrogen-bond donors (Lipinski definition) is 1. The second kappa shape index (κ2) is 10.5. The van der Waals surface area contributed by atoms with Crippen molar-refractivity contribution in [3.8, 4) is 6.07 Å². The first kappa shape index (κ1) is 24.3. The Bertz CT molecular complexity index is 985. The van der Waals surface area contributed by atoms with Crippen LogP contribution in [0.25, 0.3) is 0 Å². The molecule has 0 aromatic heterocycles. The van der Waals surface area contributed by atoms with Gasteiger partial charge in [0.25, 0.3) is 0 Å². The van der Waals surface area contributed by atoms with E-state index in [1.165, 1.54) is 0 Å². The van der Waals surface area contributed by atoms with Crippen LogP contribution >= 0.6 is 24.0 Å². The Hall–Kier alpha value is -2.35. The summed E-state index contributed by atoms with van der Waals surface area (Å²) in [5.74, 6) is 0. The van der Waals surface area contributed by atoms with Crippen LogP contribution in [-0.4, -0.2) is 29.6 Å². The maximum atomic E-state index is 11.2. The number of nitrogens with zero attached hydrogens (tertiary/aromatic N) is 2. The largest absolute Gasteiger partial charge is 0.385 e. The Labute approximate surface area is 201 Å². The standard InChI is InChI=1S/C27H27ClN2O.ClH/c28-25-13-11-24(12-14-25)27(31)16-19-30(20-17-27)18-15-26(21-29,22-7-3-1-4-8-22)23-9-5-2-6-10-23;/h1-14,31H,15-20H2;1H. The van der Waals surface area contributed by atoms with Crippen LogP contribution in [0.2, 0.25) is 5.02 Å². The Morgan fingerprint density at radius 1 is 0.875 bits per heavy atom. The number of piperidine rings is 1. The number of rotatable bonds is 6. The molecule has 5 heteroatoms. The molecule has 0 radical (unpaired) electrons. The SMILES string of the molecule is Cl.N#CC(CCN1CCC(O)(c2ccc(Cl)cc2)CC1)(c1ccccc1)c1ccccc1. The Morgan fingerprint density at radius 2 is 1.38 bits per heavy atom. The molecule has 32 heavy (non-hydrogen) atoms. The number of aliphatic hydroxyl groups is 1. The molecular formula is C27H28Cl2N2O. The second-order valence-corrected chi connectivity index (χ2v) is 8.82. The van der Waals surface area contributed by atoms with Crippen molar-refractivity contribution in [1.82, 2.24) is 4.90 Å². The van der Waals surface area contributed by atoms with Crippen molar-refractivity contribution in [1.29, 1.82) is 5.26 Å². The summed E-state index contributed by atoms with van der Waals surface area (Å²) in [6.45, 7) is 2.39. The Morgan fingerprint density at radius 3 is 1.84 bits per heavy atom. The van der Waals surface area contributed by atoms with E-state index >= 15 is 0 Å². The monoisotopic (exact) mass is 466 g/mol. The summed E-state index contributed by atoms with van der Waals surface area (Å²) < 4.78 is 0. The van der Waals surface area contributed by atoms with Crippen molar-refractivity contribution in [3.05, 3.63) is 107 Å². The summed E-state index contributed by atoms with van der Waals surface area (Å²) in [5, 5.41) is 22.2. The van der Waals surface area contributed by atoms with Gasteiger partial charge in [0.2, 0.25) is 0 Å². The lowest BCUT2D eigenvalue weighted by Crippen LogP contribution is -2.44. The third-order valence-electron chi connectivity index (χ3n) is 6.59. The van der Waals surface area contributed by atoms with Crippen LogP contribution in [0, 0.1) is 11.3 Å². The average Bonchev–Trinajstić information content (AvgIpc) is 2.83. The Kier molecular flexibility index (Phi) is 7.98. The summed E-state index contributed by atoms with van der Waals surface area (Å²) in [6, 6.07) is 30.3. The molecule has 1 aliphatic heterocycles. The lowest BCUT2D eigenvalue weighted by molar-refractivity contribution is -0.0265. The van der Waals surface area contributed by atoms with E-state index in [1.807, 2.05) is 84.9 Å². The van der Waals surface area contributed by atoms with Gasteiger partial charge in [-0.2, -0.15) is 5.26 Å². The van der Waals surface area contributed by atoms with E-state index in [-0.39, 0.29) is 12.4 Å². The lowest BCUT2D eigenvalue weighted by atomic mass is 9.73. The molecule has 0 unspecified atom stereocenters. The summed E-state index contributed by atoms with van der Waals surface area (Å²) in [4.78, 5) is 2.36. The van der Waals surface area contributed by atoms with Crippen LogP contribution < -0.4 is 0 Å². The first-order valence-electron chi connectivity index (χ1n) is 10.8. The fraction of sp³-hybridized carbons (Fsp3) is 0.296. The Balaban J connectivity index is 0.00000289. The third-order valence-corrected chi connectivity index (χ3v) is 6.84. The molecule has 0 atom stereocenters. The summed E-state index contributed by atoms with van der Waals surface area (Å²) >= 11 is 6.00. The van der Waals surface area contributed by atoms with E-state index in [2.05, 4.69) is 11.0 Å². The van der Waals surface area contributed by atoms with Crippen LogP contribution in [0.5, 0.6) is 0 Å². The quantitative estimate of drug-likeness (QED) is 0.488. The van der Waals surface area contributed by atoms with E-state index < -0.39 is 11.0 Å². The zero-order valence-electron chi connectivity index (χ0n) is 18.0. The zero-order valence-corrected chi connectivity index (χ0v) is 19.5. The fourth-order valence-electron chi connectivity index (χ4n) is 4.61. The van der Waals surface area contributed by atoms with Gasteiger partial charge in [-0.05, 0) is 48.1 Å². The molecule has 0 amide bonds. The number of halogens is 2. The van der Waals surface area contributed by atoms with Gasteiger partial charge < -0.3 is 10.0 Å². The molecule has 1 fully saturated rings. The highest BCUT2D eigenvalue weighted by molar-refractivity contribution is 6.30. The van der Waals surface area contributed by atoms with Gasteiger partial charge in [-0.15, -0.1) is 12.4 Å². The number of nitriles is 1. The van der Waals surface area contributed by atoms with Gasteiger partial charge in [-0.1, -0.05) is 84.4 Å². The topological polar surface area (TPSA) is 47.3 Å². The molecular weight excluding hydrogens is 439 g/mol. The molecule has 0 aliphatic carbocycles. The molecule has 4 rings (SSSR count). The van der Waals surface area contributed by atoms with Crippen molar-refractivity contribution >= 4 is 24.0 Å². The minimum Gasteiger partial charge on any atom is -0.385 e. The van der Waals surface area contributed by atoms with Gasteiger partial charge in [0.1, 0.15) is 5.41 Å². The minimum absolute atomic E-state index is 0. The van der Waals surface area contributed by atoms with Crippen molar-refractivity contribution in [2.45, 2.75) is 30.3 Å². The van der Waals surface area contributed by atoms with Crippen molar-refractivity contribution < 1.29 is 5.11 Å². The first-order valence-corrected chi connectivity index (χ1v) is 11.2. The first-order chi connectivity index (χ1) is 15.1. The molecule has 1 aliphatic rings. The molecule has 0 bridgehead atoms. The van der Waals surface area contributed by atoms with Crippen molar-refractivity contribution in [3.63, 3.8) is 0 Å². The van der Waals surface area contributed by atoms with Crippen LogP contribution in [0.15, 0.2) is 84.9 Å². The molecule has 3 aromatic rings. The average molecular weight is 467 g/mol. The van der Waals surface area contributed by atoms with Gasteiger partial charge in [-0.25, -0.2) is 0 Å². The van der Waals surface area contributed by atoms with E-state index in [1.54, 1.807) is 0 Å². The normalized spacial score (nSPS) is 16.0. The molecule has 166 valence electrons. The highest BCUT2D eigenvalue weighted by Gasteiger charge is 2.37. The van der Waals surface area contributed by atoms with E-state index in [0.29, 0.717) is 24.3 Å². The van der Waals surface area contributed by atoms with Crippen LogP contribution in [0.4, 0.5) is 0 Å². The molecule has 3 nitrogen and oxygen atoms in total. The maximum Gasteiger partial charge on any atom is 0.108 e. The highest BCUT2D eigenvalue weighted by Crippen LogP contribution is 2.37. The van der Waals surface area contributed by atoms with Crippen LogP contribution in [0.3, 0.4) is 0 Å². The summed E-state index contributed by atoms with van der Waals surface area (Å²) in [7, 11) is 0. The maximum absolute atomic E-state index is 11.2. The van der Waals surface area contributed by atoms with Crippen LogP contribution in [-0.2, 0) is 11.0 Å². The lowest BCUT2D eigenvalue weighted by Gasteiger charge is -2.40. The van der Waals surface area contributed by atoms with Gasteiger partial charge in [0.05, 0.1) is 11.7 Å². The smallest absolute Gasteiger partial charge is 0.108 e. The van der Waals surface area contributed by atoms with Crippen molar-refractivity contribution in [2.24, 2.45) is 0 Å². The zero-order chi connectivity index (χ0) is 21.7. The van der Waals surface area contributed by atoms with E-state index in [0.717, 1.165) is 36.3 Å². The highest BCUT2D eigenvalue weighted by atomic mass is 35.5. The molecule has 1 heterocycles. The number of likely N-dealkylation sites (tertiary alicyclic amines) is 1. The number of hydrogen-bond acceptors (Lipinski definition) is 3. The predicted octanol–water partition coefficient (Wildman–Crippen LogP) is 5.95. The fourth-order valence-corrected chi connectivity index (χ4v) is 4.73. The summed E-state index contributed by atoms with van der Waals surface area (Å²) in [5.41, 5.74) is 1.48. The van der Waals surface area contributed by atoms with E-state index in [9.17, 15) is 10.4 Å². The van der Waals surface area contributed by atoms with Gasteiger partial charge in [0, 0.05) is 24.7 Å². The van der Waals surface area contributed by atoms with Gasteiger partial charge in [0.15, 0.2) is 0 Å². The number of benzene rings is 3. The molecule has 1 saturated heterocycles. The van der Waals surface area contributed by atoms with Crippen LogP contribution in [0.1, 0.15) is 36.0 Å². The molecule has 1 N–H and O–H groups in total. The molecule has 0 spiro atoms. The second-order valence-electron chi connectivity index (χ2n) is 8.38. The molecule has 0 saturated carbocycles. The van der Waals surface area contributed by atoms with E-state index in [4.69, 9.17) is 11.6 Å². The minimum atomic E-state index is -0.813. The van der Waals surface area contributed by atoms with Gasteiger partial charge >= 0.3 is 0 Å². The predicted molar refractivity (Wildman–Crippen MR) is 132 cm³/mol. The molecule has 3 aromatic carbocycles. The summed E-state index contributed by atoms with van der Waals surface area (Å²) in [6.07, 6.45) is 2.05. The third kappa shape index (κ3) is 5.00. The van der Waals surface area contributed by atoms with Crippen molar-refractivity contribution in [2.75, 3.05) is 19.6 Å².